The Morgan fingerprint density at radius 1 is 0.889 bits per heavy atom. The SMILES string of the molecule is COc1ccc(OC)c(Nc2ccc(NC(=O)c3cccc(Cl)c3)cc2)c1. The maximum absolute atomic E-state index is 12.3. The zero-order chi connectivity index (χ0) is 19.2. The van der Waals surface area contributed by atoms with Gasteiger partial charge in [0.25, 0.3) is 5.91 Å². The predicted molar refractivity (Wildman–Crippen MR) is 109 cm³/mol. The molecule has 0 heterocycles. The number of hydrogen-bond donors (Lipinski definition) is 2. The van der Waals surface area contributed by atoms with Crippen molar-refractivity contribution in [3.8, 4) is 11.5 Å². The first-order valence-electron chi connectivity index (χ1n) is 8.25. The summed E-state index contributed by atoms with van der Waals surface area (Å²) in [4.78, 5) is 12.3. The van der Waals surface area contributed by atoms with E-state index in [9.17, 15) is 4.79 Å². The zero-order valence-electron chi connectivity index (χ0n) is 15.0. The van der Waals surface area contributed by atoms with Gasteiger partial charge in [0, 0.05) is 28.0 Å². The molecule has 0 spiro atoms. The van der Waals surface area contributed by atoms with Crippen molar-refractivity contribution in [3.05, 3.63) is 77.3 Å². The minimum absolute atomic E-state index is 0.215. The molecule has 3 rings (SSSR count). The van der Waals surface area contributed by atoms with Crippen LogP contribution in [0.15, 0.2) is 66.7 Å². The highest BCUT2D eigenvalue weighted by atomic mass is 35.5. The normalized spacial score (nSPS) is 10.2. The van der Waals surface area contributed by atoms with Crippen LogP contribution in [0.1, 0.15) is 10.4 Å². The van der Waals surface area contributed by atoms with E-state index in [4.69, 9.17) is 21.1 Å². The molecule has 0 aromatic heterocycles. The van der Waals surface area contributed by atoms with Gasteiger partial charge in [-0.3, -0.25) is 4.79 Å². The van der Waals surface area contributed by atoms with Crippen LogP contribution in [0, 0.1) is 0 Å². The number of carbonyl (C=O) groups is 1. The van der Waals surface area contributed by atoms with Crippen LogP contribution in [0.3, 0.4) is 0 Å². The van der Waals surface area contributed by atoms with Crippen molar-refractivity contribution in [3.63, 3.8) is 0 Å². The second kappa shape index (κ2) is 8.47. The fourth-order valence-corrected chi connectivity index (χ4v) is 2.73. The molecule has 1 amide bonds. The first-order chi connectivity index (χ1) is 13.1. The van der Waals surface area contributed by atoms with Gasteiger partial charge in [0.15, 0.2) is 0 Å². The van der Waals surface area contributed by atoms with E-state index in [2.05, 4.69) is 10.6 Å². The molecule has 0 unspecified atom stereocenters. The Labute approximate surface area is 162 Å². The van der Waals surface area contributed by atoms with Crippen LogP contribution in [0.4, 0.5) is 17.1 Å². The summed E-state index contributed by atoms with van der Waals surface area (Å²) in [6.45, 7) is 0. The van der Waals surface area contributed by atoms with Gasteiger partial charge in [-0.05, 0) is 54.6 Å². The number of benzene rings is 3. The van der Waals surface area contributed by atoms with Gasteiger partial charge < -0.3 is 20.1 Å². The number of amides is 1. The zero-order valence-corrected chi connectivity index (χ0v) is 15.7. The molecule has 27 heavy (non-hydrogen) atoms. The molecular formula is C21H19ClN2O3. The van der Waals surface area contributed by atoms with E-state index in [0.717, 1.165) is 17.1 Å². The summed E-state index contributed by atoms with van der Waals surface area (Å²) in [6.07, 6.45) is 0. The Kier molecular flexibility index (Phi) is 5.84. The van der Waals surface area contributed by atoms with Crippen LogP contribution < -0.4 is 20.1 Å². The number of methoxy groups -OCH3 is 2. The number of hydrogen-bond acceptors (Lipinski definition) is 4. The van der Waals surface area contributed by atoms with E-state index in [1.165, 1.54) is 0 Å². The van der Waals surface area contributed by atoms with Crippen LogP contribution in [-0.4, -0.2) is 20.1 Å². The predicted octanol–water partition coefficient (Wildman–Crippen LogP) is 5.35. The lowest BCUT2D eigenvalue weighted by atomic mass is 10.2. The van der Waals surface area contributed by atoms with Gasteiger partial charge in [-0.15, -0.1) is 0 Å². The van der Waals surface area contributed by atoms with Crippen molar-refractivity contribution in [2.45, 2.75) is 0 Å². The Morgan fingerprint density at radius 2 is 1.63 bits per heavy atom. The average Bonchev–Trinajstić information content (AvgIpc) is 2.69. The molecule has 0 bridgehead atoms. The highest BCUT2D eigenvalue weighted by Crippen LogP contribution is 2.31. The Bertz CT molecular complexity index is 942. The number of anilines is 3. The standard InChI is InChI=1S/C21H19ClN2O3/c1-26-18-10-11-20(27-2)19(13-18)23-16-6-8-17(9-7-16)24-21(25)14-4-3-5-15(22)12-14/h3-13,23H,1-2H3,(H,24,25). The highest BCUT2D eigenvalue weighted by Gasteiger charge is 2.08. The van der Waals surface area contributed by atoms with Gasteiger partial charge in [0.05, 0.1) is 19.9 Å². The molecule has 0 aliphatic rings. The molecule has 0 atom stereocenters. The van der Waals surface area contributed by atoms with E-state index >= 15 is 0 Å². The highest BCUT2D eigenvalue weighted by molar-refractivity contribution is 6.31. The molecule has 3 aromatic rings. The molecule has 0 aliphatic carbocycles. The summed E-state index contributed by atoms with van der Waals surface area (Å²) >= 11 is 5.93. The lowest BCUT2D eigenvalue weighted by molar-refractivity contribution is 0.102. The molecule has 6 heteroatoms. The number of rotatable bonds is 6. The number of halogens is 1. The van der Waals surface area contributed by atoms with Crippen molar-refractivity contribution in [2.75, 3.05) is 24.9 Å². The first-order valence-corrected chi connectivity index (χ1v) is 8.63. The van der Waals surface area contributed by atoms with Gasteiger partial charge in [-0.1, -0.05) is 17.7 Å². The van der Waals surface area contributed by atoms with Gasteiger partial charge >= 0.3 is 0 Å². The summed E-state index contributed by atoms with van der Waals surface area (Å²) in [5.74, 6) is 1.21. The van der Waals surface area contributed by atoms with E-state index in [-0.39, 0.29) is 5.91 Å². The summed E-state index contributed by atoms with van der Waals surface area (Å²) in [7, 11) is 3.23. The smallest absolute Gasteiger partial charge is 0.255 e. The summed E-state index contributed by atoms with van der Waals surface area (Å²) < 4.78 is 10.6. The molecule has 3 aromatic carbocycles. The van der Waals surface area contributed by atoms with Crippen molar-refractivity contribution >= 4 is 34.6 Å². The van der Waals surface area contributed by atoms with Crippen LogP contribution in [0.5, 0.6) is 11.5 Å². The van der Waals surface area contributed by atoms with Gasteiger partial charge in [0.2, 0.25) is 0 Å². The molecule has 0 fully saturated rings. The second-order valence-electron chi connectivity index (χ2n) is 5.73. The third kappa shape index (κ3) is 4.71. The molecule has 0 radical (unpaired) electrons. The molecule has 138 valence electrons. The molecule has 0 saturated heterocycles. The molecule has 0 saturated carbocycles. The van der Waals surface area contributed by atoms with E-state index < -0.39 is 0 Å². The minimum atomic E-state index is -0.215. The third-order valence-corrected chi connectivity index (χ3v) is 4.15. The second-order valence-corrected chi connectivity index (χ2v) is 6.17. The largest absolute Gasteiger partial charge is 0.497 e. The third-order valence-electron chi connectivity index (χ3n) is 3.92. The summed E-state index contributed by atoms with van der Waals surface area (Å²) in [5.41, 5.74) is 2.82. The van der Waals surface area contributed by atoms with Gasteiger partial charge in [0.1, 0.15) is 11.5 Å². The molecular weight excluding hydrogens is 364 g/mol. The van der Waals surface area contributed by atoms with Crippen molar-refractivity contribution < 1.29 is 14.3 Å². The van der Waals surface area contributed by atoms with E-state index in [1.54, 1.807) is 38.5 Å². The Balaban J connectivity index is 1.71. The van der Waals surface area contributed by atoms with Crippen LogP contribution >= 0.6 is 11.6 Å². The molecule has 5 nitrogen and oxygen atoms in total. The Hall–Kier alpha value is -3.18. The summed E-state index contributed by atoms with van der Waals surface area (Å²) in [6, 6.07) is 19.7. The van der Waals surface area contributed by atoms with Crippen molar-refractivity contribution in [1.29, 1.82) is 0 Å². The number of carbonyl (C=O) groups excluding carboxylic acids is 1. The monoisotopic (exact) mass is 382 g/mol. The summed E-state index contributed by atoms with van der Waals surface area (Å²) in [5, 5.41) is 6.65. The lowest BCUT2D eigenvalue weighted by Crippen LogP contribution is -2.11. The van der Waals surface area contributed by atoms with Crippen molar-refractivity contribution in [1.82, 2.24) is 0 Å². The van der Waals surface area contributed by atoms with Gasteiger partial charge in [-0.25, -0.2) is 0 Å². The molecule has 2 N–H and O–H groups in total. The van der Waals surface area contributed by atoms with Crippen LogP contribution in [-0.2, 0) is 0 Å². The van der Waals surface area contributed by atoms with Crippen LogP contribution in [0.2, 0.25) is 5.02 Å². The lowest BCUT2D eigenvalue weighted by Gasteiger charge is -2.13. The molecule has 0 aliphatic heterocycles. The average molecular weight is 383 g/mol. The maximum atomic E-state index is 12.3. The number of ether oxygens (including phenoxy) is 2. The topological polar surface area (TPSA) is 59.6 Å². The van der Waals surface area contributed by atoms with Gasteiger partial charge in [-0.2, -0.15) is 0 Å². The Morgan fingerprint density at radius 3 is 2.30 bits per heavy atom. The fourth-order valence-electron chi connectivity index (χ4n) is 2.54. The number of nitrogens with one attached hydrogen (secondary N) is 2. The van der Waals surface area contributed by atoms with Crippen LogP contribution in [0.25, 0.3) is 0 Å². The first kappa shape index (κ1) is 18.6. The maximum Gasteiger partial charge on any atom is 0.255 e. The minimum Gasteiger partial charge on any atom is -0.497 e. The quantitative estimate of drug-likeness (QED) is 0.603. The van der Waals surface area contributed by atoms with E-state index in [0.29, 0.717) is 22.0 Å². The van der Waals surface area contributed by atoms with E-state index in [1.807, 2.05) is 42.5 Å². The fraction of sp³-hybridized carbons (Fsp3) is 0.0952. The van der Waals surface area contributed by atoms with Crippen molar-refractivity contribution in [2.24, 2.45) is 0 Å².